The molecule has 1 N–H and O–H groups in total. The molecule has 2 aromatic carbocycles. The molecular formula is C15H17BrN2. The molecule has 0 bridgehead atoms. The molecule has 18 heavy (non-hydrogen) atoms. The van der Waals surface area contributed by atoms with Crippen molar-refractivity contribution in [3.63, 3.8) is 0 Å². The molecule has 0 aromatic heterocycles. The van der Waals surface area contributed by atoms with Gasteiger partial charge in [-0.25, -0.2) is 0 Å². The van der Waals surface area contributed by atoms with E-state index < -0.39 is 0 Å². The number of aryl methyl sites for hydroxylation is 1. The van der Waals surface area contributed by atoms with Crippen LogP contribution in [0, 0.1) is 6.92 Å². The Morgan fingerprint density at radius 3 is 2.56 bits per heavy atom. The summed E-state index contributed by atoms with van der Waals surface area (Å²) in [5, 5.41) is 3.16. The molecule has 0 atom stereocenters. The first kappa shape index (κ1) is 13.0. The van der Waals surface area contributed by atoms with Crippen molar-refractivity contribution in [2.45, 2.75) is 6.92 Å². The minimum absolute atomic E-state index is 1.11. The lowest BCUT2D eigenvalue weighted by atomic mass is 10.2. The van der Waals surface area contributed by atoms with Crippen LogP contribution < -0.4 is 10.2 Å². The topological polar surface area (TPSA) is 15.3 Å². The van der Waals surface area contributed by atoms with Gasteiger partial charge in [-0.15, -0.1) is 0 Å². The van der Waals surface area contributed by atoms with Crippen molar-refractivity contribution in [3.05, 3.63) is 52.5 Å². The highest BCUT2D eigenvalue weighted by atomic mass is 79.9. The van der Waals surface area contributed by atoms with Crippen LogP contribution in [0.2, 0.25) is 0 Å². The highest BCUT2D eigenvalue weighted by Gasteiger charge is 2.08. The Labute approximate surface area is 117 Å². The highest BCUT2D eigenvalue weighted by molar-refractivity contribution is 9.10. The van der Waals surface area contributed by atoms with Crippen LogP contribution in [0.3, 0.4) is 0 Å². The van der Waals surface area contributed by atoms with E-state index >= 15 is 0 Å². The van der Waals surface area contributed by atoms with Crippen LogP contribution in [0.1, 0.15) is 5.56 Å². The molecule has 0 fully saturated rings. The molecule has 3 heteroatoms. The SMILES string of the molecule is CNc1cccc(N(C)c2ccc(C)cc2Br)c1. The Kier molecular flexibility index (Phi) is 3.92. The molecule has 2 nitrogen and oxygen atoms in total. The van der Waals surface area contributed by atoms with E-state index in [2.05, 4.69) is 82.6 Å². The van der Waals surface area contributed by atoms with Gasteiger partial charge in [0, 0.05) is 29.9 Å². The number of benzene rings is 2. The third kappa shape index (κ3) is 2.67. The quantitative estimate of drug-likeness (QED) is 0.894. The van der Waals surface area contributed by atoms with Crippen molar-refractivity contribution < 1.29 is 0 Å². The van der Waals surface area contributed by atoms with Gasteiger partial charge in [0.05, 0.1) is 5.69 Å². The molecule has 0 aliphatic carbocycles. The Balaban J connectivity index is 2.37. The molecule has 0 aliphatic heterocycles. The van der Waals surface area contributed by atoms with Gasteiger partial charge in [0.2, 0.25) is 0 Å². The van der Waals surface area contributed by atoms with Crippen LogP contribution in [0.5, 0.6) is 0 Å². The lowest BCUT2D eigenvalue weighted by Crippen LogP contribution is -2.10. The van der Waals surface area contributed by atoms with Gasteiger partial charge >= 0.3 is 0 Å². The van der Waals surface area contributed by atoms with E-state index in [1.54, 1.807) is 0 Å². The maximum absolute atomic E-state index is 3.62. The lowest BCUT2D eigenvalue weighted by molar-refractivity contribution is 1.19. The van der Waals surface area contributed by atoms with Gasteiger partial charge < -0.3 is 10.2 Å². The minimum Gasteiger partial charge on any atom is -0.388 e. The second-order valence-corrected chi connectivity index (χ2v) is 5.17. The Bertz CT molecular complexity index is 552. The molecule has 0 aliphatic rings. The molecule has 0 amide bonds. The monoisotopic (exact) mass is 304 g/mol. The Hall–Kier alpha value is -1.48. The average molecular weight is 305 g/mol. The fourth-order valence-electron chi connectivity index (χ4n) is 1.89. The molecule has 0 saturated heterocycles. The van der Waals surface area contributed by atoms with Crippen LogP contribution in [-0.2, 0) is 0 Å². The van der Waals surface area contributed by atoms with E-state index in [9.17, 15) is 0 Å². The Morgan fingerprint density at radius 2 is 1.89 bits per heavy atom. The summed E-state index contributed by atoms with van der Waals surface area (Å²) in [4.78, 5) is 2.17. The number of anilines is 3. The van der Waals surface area contributed by atoms with Crippen LogP contribution in [0.15, 0.2) is 46.9 Å². The smallest absolute Gasteiger partial charge is 0.0552 e. The largest absolute Gasteiger partial charge is 0.388 e. The van der Waals surface area contributed by atoms with Gasteiger partial charge in [0.25, 0.3) is 0 Å². The summed E-state index contributed by atoms with van der Waals surface area (Å²) in [6.45, 7) is 2.09. The zero-order valence-corrected chi connectivity index (χ0v) is 12.5. The molecule has 0 radical (unpaired) electrons. The van der Waals surface area contributed by atoms with E-state index in [1.165, 1.54) is 5.56 Å². The standard InChI is InChI=1S/C15H17BrN2/c1-11-7-8-15(14(16)9-11)18(3)13-6-4-5-12(10-13)17-2/h4-10,17H,1-3H3. The molecule has 2 aromatic rings. The summed E-state index contributed by atoms with van der Waals surface area (Å²) >= 11 is 3.62. The van der Waals surface area contributed by atoms with Gasteiger partial charge in [-0.05, 0) is 58.7 Å². The molecule has 0 unspecified atom stereocenters. The maximum atomic E-state index is 3.62. The summed E-state index contributed by atoms with van der Waals surface area (Å²) in [6, 6.07) is 14.7. The summed E-state index contributed by atoms with van der Waals surface area (Å²) < 4.78 is 1.11. The van der Waals surface area contributed by atoms with Gasteiger partial charge in [0.15, 0.2) is 0 Å². The Morgan fingerprint density at radius 1 is 1.11 bits per heavy atom. The molecule has 94 valence electrons. The zero-order valence-electron chi connectivity index (χ0n) is 10.9. The summed E-state index contributed by atoms with van der Waals surface area (Å²) in [7, 11) is 4.01. The van der Waals surface area contributed by atoms with Crippen LogP contribution in [0.25, 0.3) is 0 Å². The fourth-order valence-corrected chi connectivity index (χ4v) is 2.65. The summed E-state index contributed by atoms with van der Waals surface area (Å²) in [5.74, 6) is 0. The lowest BCUT2D eigenvalue weighted by Gasteiger charge is -2.22. The van der Waals surface area contributed by atoms with Gasteiger partial charge in [0.1, 0.15) is 0 Å². The van der Waals surface area contributed by atoms with Gasteiger partial charge in [-0.1, -0.05) is 12.1 Å². The number of nitrogens with one attached hydrogen (secondary N) is 1. The first-order valence-corrected chi connectivity index (χ1v) is 6.69. The third-order valence-corrected chi connectivity index (χ3v) is 3.62. The predicted molar refractivity (Wildman–Crippen MR) is 82.9 cm³/mol. The first-order valence-electron chi connectivity index (χ1n) is 5.89. The second-order valence-electron chi connectivity index (χ2n) is 4.31. The van der Waals surface area contributed by atoms with Crippen LogP contribution in [-0.4, -0.2) is 14.1 Å². The highest BCUT2D eigenvalue weighted by Crippen LogP contribution is 2.32. The van der Waals surface area contributed by atoms with Gasteiger partial charge in [-0.3, -0.25) is 0 Å². The third-order valence-electron chi connectivity index (χ3n) is 2.99. The average Bonchev–Trinajstić information content (AvgIpc) is 2.38. The molecule has 2 rings (SSSR count). The van der Waals surface area contributed by atoms with Crippen LogP contribution in [0.4, 0.5) is 17.1 Å². The normalized spacial score (nSPS) is 10.2. The minimum atomic E-state index is 1.11. The van der Waals surface area contributed by atoms with Crippen molar-refractivity contribution in [1.29, 1.82) is 0 Å². The van der Waals surface area contributed by atoms with Gasteiger partial charge in [-0.2, -0.15) is 0 Å². The second kappa shape index (κ2) is 5.44. The van der Waals surface area contributed by atoms with Crippen molar-refractivity contribution in [2.24, 2.45) is 0 Å². The number of hydrogen-bond donors (Lipinski definition) is 1. The van der Waals surface area contributed by atoms with E-state index in [1.807, 2.05) is 7.05 Å². The van der Waals surface area contributed by atoms with Crippen molar-refractivity contribution in [3.8, 4) is 0 Å². The predicted octanol–water partition coefficient (Wildman–Crippen LogP) is 4.57. The number of halogens is 1. The van der Waals surface area contributed by atoms with E-state index in [0.717, 1.165) is 21.5 Å². The molecule has 0 heterocycles. The fraction of sp³-hybridized carbons (Fsp3) is 0.200. The van der Waals surface area contributed by atoms with E-state index in [-0.39, 0.29) is 0 Å². The summed E-state index contributed by atoms with van der Waals surface area (Å²) in [6.07, 6.45) is 0. The zero-order chi connectivity index (χ0) is 13.1. The number of nitrogens with zero attached hydrogens (tertiary/aromatic N) is 1. The molecule has 0 spiro atoms. The first-order chi connectivity index (χ1) is 8.61. The summed E-state index contributed by atoms with van der Waals surface area (Å²) in [5.41, 5.74) is 4.69. The molecule has 0 saturated carbocycles. The van der Waals surface area contributed by atoms with E-state index in [0.29, 0.717) is 0 Å². The van der Waals surface area contributed by atoms with E-state index in [4.69, 9.17) is 0 Å². The maximum Gasteiger partial charge on any atom is 0.0552 e. The number of rotatable bonds is 3. The molecular weight excluding hydrogens is 288 g/mol. The van der Waals surface area contributed by atoms with Crippen molar-refractivity contribution >= 4 is 33.0 Å². The van der Waals surface area contributed by atoms with Crippen molar-refractivity contribution in [2.75, 3.05) is 24.3 Å². The van der Waals surface area contributed by atoms with Crippen LogP contribution >= 0.6 is 15.9 Å². The number of hydrogen-bond acceptors (Lipinski definition) is 2. The van der Waals surface area contributed by atoms with Crippen molar-refractivity contribution in [1.82, 2.24) is 0 Å².